The van der Waals surface area contributed by atoms with E-state index >= 15 is 0 Å². The highest BCUT2D eigenvalue weighted by Crippen LogP contribution is 2.25. The van der Waals surface area contributed by atoms with Gasteiger partial charge < -0.3 is 9.84 Å². The molecule has 1 N–H and O–H groups in total. The van der Waals surface area contributed by atoms with Crippen LogP contribution < -0.4 is 5.32 Å². The maximum absolute atomic E-state index is 5.40. The molecule has 0 aliphatic carbocycles. The van der Waals surface area contributed by atoms with Crippen molar-refractivity contribution in [3.8, 4) is 10.6 Å². The number of nitrogens with zero attached hydrogens (tertiary/aromatic N) is 2. The molecule has 2 aromatic rings. The fourth-order valence-electron chi connectivity index (χ4n) is 2.25. The van der Waals surface area contributed by atoms with Gasteiger partial charge in [0.2, 0.25) is 0 Å². The molecule has 1 fully saturated rings. The lowest BCUT2D eigenvalue weighted by Crippen LogP contribution is -2.49. The van der Waals surface area contributed by atoms with Gasteiger partial charge in [0, 0.05) is 38.3 Å². The minimum absolute atomic E-state index is 0.556. The van der Waals surface area contributed by atoms with Crippen molar-refractivity contribution in [1.82, 2.24) is 15.4 Å². The molecular formula is C13H17N3OS. The van der Waals surface area contributed by atoms with Gasteiger partial charge in [0.25, 0.3) is 0 Å². The van der Waals surface area contributed by atoms with Crippen LogP contribution >= 0.6 is 11.3 Å². The van der Waals surface area contributed by atoms with E-state index in [2.05, 4.69) is 39.8 Å². The normalized spacial score (nSPS) is 21.3. The molecule has 4 nitrogen and oxygen atoms in total. The summed E-state index contributed by atoms with van der Waals surface area (Å²) >= 11 is 1.68. The summed E-state index contributed by atoms with van der Waals surface area (Å²) in [4.78, 5) is 3.58. The maximum atomic E-state index is 5.40. The fourth-order valence-corrected chi connectivity index (χ4v) is 2.92. The fraction of sp³-hybridized carbons (Fsp3) is 0.462. The molecule has 1 aliphatic rings. The number of aromatic nitrogens is 1. The Kier molecular flexibility index (Phi) is 3.45. The average Bonchev–Trinajstić information content (AvgIpc) is 3.02. The van der Waals surface area contributed by atoms with E-state index in [1.54, 1.807) is 11.3 Å². The number of rotatable bonds is 3. The molecule has 5 heteroatoms. The maximum Gasteiger partial charge on any atom is 0.177 e. The van der Waals surface area contributed by atoms with Gasteiger partial charge in [-0.15, -0.1) is 11.3 Å². The molecule has 0 aromatic carbocycles. The molecule has 1 atom stereocenters. The summed E-state index contributed by atoms with van der Waals surface area (Å²) in [6.45, 7) is 6.29. The second kappa shape index (κ2) is 5.22. The van der Waals surface area contributed by atoms with Gasteiger partial charge in [-0.1, -0.05) is 11.2 Å². The second-order valence-corrected chi connectivity index (χ2v) is 5.63. The highest BCUT2D eigenvalue weighted by molar-refractivity contribution is 7.13. The van der Waals surface area contributed by atoms with Crippen LogP contribution in [-0.4, -0.2) is 35.7 Å². The van der Waals surface area contributed by atoms with E-state index in [1.165, 1.54) is 0 Å². The summed E-state index contributed by atoms with van der Waals surface area (Å²) in [6, 6.07) is 6.70. The van der Waals surface area contributed by atoms with E-state index in [0.29, 0.717) is 6.04 Å². The second-order valence-electron chi connectivity index (χ2n) is 4.68. The van der Waals surface area contributed by atoms with E-state index in [1.807, 2.05) is 6.07 Å². The Labute approximate surface area is 111 Å². The highest BCUT2D eigenvalue weighted by Gasteiger charge is 2.19. The van der Waals surface area contributed by atoms with Crippen LogP contribution in [0.5, 0.6) is 0 Å². The molecule has 3 heterocycles. The van der Waals surface area contributed by atoms with Crippen LogP contribution in [0.3, 0.4) is 0 Å². The van der Waals surface area contributed by atoms with Gasteiger partial charge in [-0.2, -0.15) is 0 Å². The third-order valence-corrected chi connectivity index (χ3v) is 4.21. The first-order chi connectivity index (χ1) is 8.83. The molecule has 3 rings (SSSR count). The van der Waals surface area contributed by atoms with Crippen molar-refractivity contribution in [2.75, 3.05) is 19.6 Å². The first-order valence-electron chi connectivity index (χ1n) is 6.27. The van der Waals surface area contributed by atoms with Crippen LogP contribution in [0.25, 0.3) is 10.6 Å². The molecule has 0 radical (unpaired) electrons. The third-order valence-electron chi connectivity index (χ3n) is 3.33. The molecule has 1 aliphatic heterocycles. The monoisotopic (exact) mass is 263 g/mol. The van der Waals surface area contributed by atoms with Crippen molar-refractivity contribution in [3.63, 3.8) is 0 Å². The van der Waals surface area contributed by atoms with Crippen LogP contribution in [-0.2, 0) is 6.54 Å². The molecule has 0 amide bonds. The molecule has 18 heavy (non-hydrogen) atoms. The molecular weight excluding hydrogens is 246 g/mol. The predicted molar refractivity (Wildman–Crippen MR) is 72.6 cm³/mol. The summed E-state index contributed by atoms with van der Waals surface area (Å²) in [6.07, 6.45) is 0. The summed E-state index contributed by atoms with van der Waals surface area (Å²) in [5.74, 6) is 0.878. The topological polar surface area (TPSA) is 41.3 Å². The van der Waals surface area contributed by atoms with Gasteiger partial charge in [0.1, 0.15) is 0 Å². The van der Waals surface area contributed by atoms with E-state index < -0.39 is 0 Å². The zero-order valence-electron chi connectivity index (χ0n) is 10.4. The van der Waals surface area contributed by atoms with Crippen molar-refractivity contribution in [2.45, 2.75) is 19.5 Å². The van der Waals surface area contributed by atoms with Crippen LogP contribution in [0.1, 0.15) is 12.6 Å². The van der Waals surface area contributed by atoms with E-state index in [-0.39, 0.29) is 0 Å². The minimum atomic E-state index is 0.556. The van der Waals surface area contributed by atoms with Crippen molar-refractivity contribution in [3.05, 3.63) is 29.3 Å². The number of piperazine rings is 1. The van der Waals surface area contributed by atoms with Crippen LogP contribution in [0, 0.1) is 0 Å². The molecule has 0 bridgehead atoms. The van der Waals surface area contributed by atoms with Crippen molar-refractivity contribution in [1.29, 1.82) is 0 Å². The first-order valence-corrected chi connectivity index (χ1v) is 7.15. The summed E-state index contributed by atoms with van der Waals surface area (Å²) in [5.41, 5.74) is 1.02. The lowest BCUT2D eigenvalue weighted by Gasteiger charge is -2.33. The van der Waals surface area contributed by atoms with Crippen molar-refractivity contribution in [2.24, 2.45) is 0 Å². The molecule has 2 aromatic heterocycles. The first kappa shape index (κ1) is 11.9. The Morgan fingerprint density at radius 1 is 1.61 bits per heavy atom. The molecule has 0 unspecified atom stereocenters. The van der Waals surface area contributed by atoms with E-state index in [9.17, 15) is 0 Å². The lowest BCUT2D eigenvalue weighted by atomic mass is 10.2. The summed E-state index contributed by atoms with van der Waals surface area (Å²) in [7, 11) is 0. The smallest absolute Gasteiger partial charge is 0.177 e. The van der Waals surface area contributed by atoms with Gasteiger partial charge in [0.15, 0.2) is 5.76 Å². The summed E-state index contributed by atoms with van der Waals surface area (Å²) in [5, 5.41) is 9.62. The zero-order chi connectivity index (χ0) is 12.4. The van der Waals surface area contributed by atoms with Gasteiger partial charge in [-0.25, -0.2) is 0 Å². The number of hydrogen-bond acceptors (Lipinski definition) is 5. The zero-order valence-corrected chi connectivity index (χ0v) is 11.2. The van der Waals surface area contributed by atoms with Gasteiger partial charge in [-0.05, 0) is 18.4 Å². The standard InChI is InChI=1S/C13H17N3OS/c1-10-8-14-4-5-16(10)9-11-7-12(17-15-11)13-3-2-6-18-13/h2-3,6-7,10,14H,4-5,8-9H2,1H3/t10-/m1/s1. The lowest BCUT2D eigenvalue weighted by molar-refractivity contribution is 0.161. The molecule has 96 valence electrons. The van der Waals surface area contributed by atoms with Crippen LogP contribution in [0.15, 0.2) is 28.1 Å². The molecule has 1 saturated heterocycles. The Balaban J connectivity index is 1.70. The summed E-state index contributed by atoms with van der Waals surface area (Å²) < 4.78 is 5.40. The van der Waals surface area contributed by atoms with Gasteiger partial charge >= 0.3 is 0 Å². The van der Waals surface area contributed by atoms with Crippen LogP contribution in [0.4, 0.5) is 0 Å². The van der Waals surface area contributed by atoms with Gasteiger partial charge in [-0.3, -0.25) is 4.90 Å². The van der Waals surface area contributed by atoms with Crippen molar-refractivity contribution < 1.29 is 4.52 Å². The quantitative estimate of drug-likeness (QED) is 0.921. The predicted octanol–water partition coefficient (Wildman–Crippen LogP) is 2.20. The van der Waals surface area contributed by atoms with Gasteiger partial charge in [0.05, 0.1) is 10.6 Å². The molecule has 0 saturated carbocycles. The SMILES string of the molecule is C[C@@H]1CNCCN1Cc1cc(-c2cccs2)on1. The Bertz CT molecular complexity index is 494. The number of thiophene rings is 1. The third kappa shape index (κ3) is 2.48. The van der Waals surface area contributed by atoms with E-state index in [4.69, 9.17) is 4.52 Å². The Morgan fingerprint density at radius 3 is 3.33 bits per heavy atom. The molecule has 0 spiro atoms. The van der Waals surface area contributed by atoms with E-state index in [0.717, 1.165) is 42.5 Å². The Hall–Kier alpha value is -1.17. The highest BCUT2D eigenvalue weighted by atomic mass is 32.1. The number of hydrogen-bond donors (Lipinski definition) is 1. The number of nitrogens with one attached hydrogen (secondary N) is 1. The minimum Gasteiger partial charge on any atom is -0.355 e. The van der Waals surface area contributed by atoms with Crippen molar-refractivity contribution >= 4 is 11.3 Å². The largest absolute Gasteiger partial charge is 0.355 e. The van der Waals surface area contributed by atoms with Crippen LogP contribution in [0.2, 0.25) is 0 Å². The Morgan fingerprint density at radius 2 is 2.56 bits per heavy atom. The average molecular weight is 263 g/mol.